The predicted octanol–water partition coefficient (Wildman–Crippen LogP) is 1.82. The normalized spacial score (nSPS) is 19.5. The van der Waals surface area contributed by atoms with Crippen LogP contribution in [-0.2, 0) is 11.3 Å². The van der Waals surface area contributed by atoms with E-state index in [-0.39, 0.29) is 12.0 Å². The van der Waals surface area contributed by atoms with Gasteiger partial charge in [-0.25, -0.2) is 4.98 Å². The van der Waals surface area contributed by atoms with E-state index in [2.05, 4.69) is 9.88 Å². The number of nitrogens with two attached hydrogens (primary N) is 1. The lowest BCUT2D eigenvalue weighted by Crippen LogP contribution is -2.37. The molecule has 1 amide bonds. The average molecular weight is 303 g/mol. The molecule has 2 N–H and O–H groups in total. The molecular weight excluding hydrogens is 286 g/mol. The third kappa shape index (κ3) is 3.47. The van der Waals surface area contributed by atoms with Crippen molar-refractivity contribution in [1.29, 1.82) is 0 Å². The first-order chi connectivity index (χ1) is 10.2. The van der Waals surface area contributed by atoms with Crippen molar-refractivity contribution in [3.8, 4) is 0 Å². The Morgan fingerprint density at radius 2 is 2.43 bits per heavy atom. The van der Waals surface area contributed by atoms with Crippen LogP contribution in [0.5, 0.6) is 0 Å². The monoisotopic (exact) mass is 303 g/mol. The number of nitrogens with zero attached hydrogens (tertiary/aromatic N) is 2. The second-order valence-corrected chi connectivity index (χ2v) is 5.96. The number of aromatic nitrogens is 1. The topological polar surface area (TPSA) is 68.5 Å². The molecule has 0 saturated carbocycles. The highest BCUT2D eigenvalue weighted by molar-refractivity contribution is 7.09. The lowest BCUT2D eigenvalue weighted by atomic mass is 10.1. The summed E-state index contributed by atoms with van der Waals surface area (Å²) in [5.74, 6) is -0.389. The Labute approximate surface area is 127 Å². The number of benzene rings is 1. The maximum atomic E-state index is 11.2. The molecule has 0 radical (unpaired) electrons. The standard InChI is InChI=1S/C15H17N3O2S/c16-14(19)12-3-1-2-11(8-12)9-18-5-6-20-13(10-18)15-17-4-7-21-15/h1-4,7-8,13H,5-6,9-10H2,(H2,16,19). The van der Waals surface area contributed by atoms with Gasteiger partial charge in [0.15, 0.2) is 0 Å². The van der Waals surface area contributed by atoms with E-state index >= 15 is 0 Å². The maximum absolute atomic E-state index is 11.2. The molecule has 3 rings (SSSR count). The average Bonchev–Trinajstić information content (AvgIpc) is 3.02. The van der Waals surface area contributed by atoms with Crippen molar-refractivity contribution in [2.45, 2.75) is 12.6 Å². The van der Waals surface area contributed by atoms with Crippen LogP contribution >= 0.6 is 11.3 Å². The lowest BCUT2D eigenvalue weighted by Gasteiger charge is -2.32. The SMILES string of the molecule is NC(=O)c1cccc(CN2CCOC(c3nccs3)C2)c1. The summed E-state index contributed by atoms with van der Waals surface area (Å²) in [6.07, 6.45) is 1.84. The molecule has 6 heteroatoms. The fourth-order valence-electron chi connectivity index (χ4n) is 2.47. The van der Waals surface area contributed by atoms with Crippen LogP contribution in [0.15, 0.2) is 35.8 Å². The zero-order valence-electron chi connectivity index (χ0n) is 11.6. The number of rotatable bonds is 4. The van der Waals surface area contributed by atoms with E-state index in [0.717, 1.165) is 30.2 Å². The molecule has 1 atom stereocenters. The summed E-state index contributed by atoms with van der Waals surface area (Å²) in [4.78, 5) is 17.9. The molecule has 1 aliphatic heterocycles. The molecule has 1 fully saturated rings. The van der Waals surface area contributed by atoms with Gasteiger partial charge in [-0.15, -0.1) is 11.3 Å². The second kappa shape index (κ2) is 6.34. The summed E-state index contributed by atoms with van der Waals surface area (Å²) in [6, 6.07) is 7.48. The number of carbonyl (C=O) groups is 1. The smallest absolute Gasteiger partial charge is 0.248 e. The van der Waals surface area contributed by atoms with Crippen LogP contribution < -0.4 is 5.73 Å². The predicted molar refractivity (Wildman–Crippen MR) is 81.0 cm³/mol. The van der Waals surface area contributed by atoms with Crippen molar-refractivity contribution < 1.29 is 9.53 Å². The van der Waals surface area contributed by atoms with Gasteiger partial charge in [-0.05, 0) is 17.7 Å². The van der Waals surface area contributed by atoms with E-state index in [0.29, 0.717) is 12.2 Å². The van der Waals surface area contributed by atoms with Crippen LogP contribution in [0.2, 0.25) is 0 Å². The second-order valence-electron chi connectivity index (χ2n) is 5.03. The van der Waals surface area contributed by atoms with Crippen molar-refractivity contribution in [3.05, 3.63) is 52.0 Å². The number of hydrogen-bond acceptors (Lipinski definition) is 5. The lowest BCUT2D eigenvalue weighted by molar-refractivity contribution is -0.0330. The molecule has 1 aliphatic rings. The summed E-state index contributed by atoms with van der Waals surface area (Å²) in [6.45, 7) is 3.17. The molecule has 0 spiro atoms. The summed E-state index contributed by atoms with van der Waals surface area (Å²) >= 11 is 1.62. The molecule has 2 heterocycles. The number of amides is 1. The van der Waals surface area contributed by atoms with Crippen LogP contribution in [0, 0.1) is 0 Å². The van der Waals surface area contributed by atoms with Crippen molar-refractivity contribution in [3.63, 3.8) is 0 Å². The van der Waals surface area contributed by atoms with Gasteiger partial charge in [-0.1, -0.05) is 12.1 Å². The van der Waals surface area contributed by atoms with Crippen LogP contribution in [0.25, 0.3) is 0 Å². The summed E-state index contributed by atoms with van der Waals surface area (Å²) < 4.78 is 5.78. The first-order valence-corrected chi connectivity index (χ1v) is 7.72. The quantitative estimate of drug-likeness (QED) is 0.935. The van der Waals surface area contributed by atoms with Crippen LogP contribution in [-0.4, -0.2) is 35.5 Å². The number of hydrogen-bond donors (Lipinski definition) is 1. The zero-order valence-corrected chi connectivity index (χ0v) is 12.4. The van der Waals surface area contributed by atoms with Gasteiger partial charge < -0.3 is 10.5 Å². The van der Waals surface area contributed by atoms with Gasteiger partial charge in [-0.3, -0.25) is 9.69 Å². The van der Waals surface area contributed by atoms with Gasteiger partial charge in [0, 0.05) is 36.8 Å². The van der Waals surface area contributed by atoms with Crippen molar-refractivity contribution in [1.82, 2.24) is 9.88 Å². The highest BCUT2D eigenvalue weighted by Gasteiger charge is 2.23. The molecule has 21 heavy (non-hydrogen) atoms. The molecule has 0 aliphatic carbocycles. The minimum atomic E-state index is -0.389. The number of ether oxygens (including phenoxy) is 1. The van der Waals surface area contributed by atoms with Crippen LogP contribution in [0.3, 0.4) is 0 Å². The van der Waals surface area contributed by atoms with Gasteiger partial charge in [0.1, 0.15) is 11.1 Å². The molecule has 1 aromatic heterocycles. The largest absolute Gasteiger partial charge is 0.368 e. The molecule has 5 nitrogen and oxygen atoms in total. The highest BCUT2D eigenvalue weighted by Crippen LogP contribution is 2.24. The molecule has 1 saturated heterocycles. The Balaban J connectivity index is 1.67. The van der Waals surface area contributed by atoms with E-state index in [1.54, 1.807) is 23.6 Å². The summed E-state index contributed by atoms with van der Waals surface area (Å²) in [7, 11) is 0. The van der Waals surface area contributed by atoms with E-state index in [4.69, 9.17) is 10.5 Å². The van der Waals surface area contributed by atoms with Crippen molar-refractivity contribution >= 4 is 17.2 Å². The molecule has 1 aromatic carbocycles. The highest BCUT2D eigenvalue weighted by atomic mass is 32.1. The van der Waals surface area contributed by atoms with E-state index in [1.807, 2.05) is 23.6 Å². The fraction of sp³-hybridized carbons (Fsp3) is 0.333. The Kier molecular flexibility index (Phi) is 4.28. The fourth-order valence-corrected chi connectivity index (χ4v) is 3.15. The Bertz CT molecular complexity index is 615. The van der Waals surface area contributed by atoms with E-state index in [9.17, 15) is 4.79 Å². The zero-order chi connectivity index (χ0) is 14.7. The van der Waals surface area contributed by atoms with Gasteiger partial charge in [0.05, 0.1) is 6.61 Å². The van der Waals surface area contributed by atoms with Crippen molar-refractivity contribution in [2.24, 2.45) is 5.73 Å². The summed E-state index contributed by atoms with van der Waals surface area (Å²) in [5.41, 5.74) is 6.96. The Morgan fingerprint density at radius 1 is 1.52 bits per heavy atom. The van der Waals surface area contributed by atoms with Crippen LogP contribution in [0.4, 0.5) is 0 Å². The maximum Gasteiger partial charge on any atom is 0.248 e. The Morgan fingerprint density at radius 3 is 3.19 bits per heavy atom. The minimum Gasteiger partial charge on any atom is -0.368 e. The molecule has 110 valence electrons. The number of thiazole rings is 1. The third-order valence-corrected chi connectivity index (χ3v) is 4.36. The van der Waals surface area contributed by atoms with Gasteiger partial charge in [-0.2, -0.15) is 0 Å². The molecule has 1 unspecified atom stereocenters. The first-order valence-electron chi connectivity index (χ1n) is 6.84. The molecule has 0 bridgehead atoms. The Hall–Kier alpha value is -1.76. The number of primary amides is 1. The first kappa shape index (κ1) is 14.2. The van der Waals surface area contributed by atoms with E-state index in [1.165, 1.54) is 0 Å². The molecular formula is C15H17N3O2S. The number of carbonyl (C=O) groups excluding carboxylic acids is 1. The van der Waals surface area contributed by atoms with Gasteiger partial charge in [0.2, 0.25) is 5.91 Å². The third-order valence-electron chi connectivity index (χ3n) is 3.50. The van der Waals surface area contributed by atoms with Crippen molar-refractivity contribution in [2.75, 3.05) is 19.7 Å². The van der Waals surface area contributed by atoms with Gasteiger partial charge >= 0.3 is 0 Å². The summed E-state index contributed by atoms with van der Waals surface area (Å²) in [5, 5.41) is 2.99. The minimum absolute atomic E-state index is 0.0399. The number of morpholine rings is 1. The molecule has 2 aromatic rings. The van der Waals surface area contributed by atoms with E-state index < -0.39 is 0 Å². The van der Waals surface area contributed by atoms with Gasteiger partial charge in [0.25, 0.3) is 0 Å². The van der Waals surface area contributed by atoms with Crippen LogP contribution in [0.1, 0.15) is 27.0 Å².